The average molecular weight is 388 g/mol. The number of halogens is 3. The third-order valence-corrected chi connectivity index (χ3v) is 4.25. The number of nitrogens with zero attached hydrogens (tertiary/aromatic N) is 2. The minimum atomic E-state index is -1.28. The summed E-state index contributed by atoms with van der Waals surface area (Å²) < 4.78 is 50.3. The summed E-state index contributed by atoms with van der Waals surface area (Å²) >= 11 is 0.948. The van der Waals surface area contributed by atoms with Gasteiger partial charge in [0, 0.05) is 19.7 Å². The summed E-state index contributed by atoms with van der Waals surface area (Å²) in [5.41, 5.74) is 4.75. The van der Waals surface area contributed by atoms with Gasteiger partial charge in [-0.3, -0.25) is 5.32 Å². The van der Waals surface area contributed by atoms with E-state index in [-0.39, 0.29) is 17.5 Å². The van der Waals surface area contributed by atoms with E-state index in [9.17, 15) is 18.0 Å². The number of anilines is 1. The van der Waals surface area contributed by atoms with Crippen LogP contribution in [-0.4, -0.2) is 35.4 Å². The zero-order valence-corrected chi connectivity index (χ0v) is 15.1. The van der Waals surface area contributed by atoms with Crippen LogP contribution >= 0.6 is 11.5 Å². The smallest absolute Gasteiger partial charge is 0.322 e. The highest BCUT2D eigenvalue weighted by atomic mass is 32.1. The summed E-state index contributed by atoms with van der Waals surface area (Å²) in [4.78, 5) is 13.4. The number of carbonyl (C=O) groups is 1. The summed E-state index contributed by atoms with van der Waals surface area (Å²) in [5, 5.41) is 3.03. The molecule has 0 bridgehead atoms. The molecule has 2 amide bonds. The normalized spacial score (nSPS) is 10.7. The molecule has 6 nitrogen and oxygen atoms in total. The Bertz CT molecular complexity index is 785. The average Bonchev–Trinajstić information content (AvgIpc) is 3.04. The lowest BCUT2D eigenvalue weighted by Crippen LogP contribution is -2.32. The summed E-state index contributed by atoms with van der Waals surface area (Å²) in [5.74, 6) is -3.23. The third-order valence-electron chi connectivity index (χ3n) is 3.56. The number of benzene rings is 1. The number of carbonyl (C=O) groups excluding carboxylic acids is 1. The van der Waals surface area contributed by atoms with Gasteiger partial charge in [0.1, 0.15) is 17.4 Å². The standard InChI is InChI=1S/C16H19F3N4O2S/c1-9-6-11(17)10(15(19)14(9)18)8-25-12-7-13(26-22-12)21-16(24)23(2)5-3-4-20/h6-7H,3-5,8,20H2,1-2H3,(H,21,24). The van der Waals surface area contributed by atoms with Crippen molar-refractivity contribution in [1.29, 1.82) is 0 Å². The van der Waals surface area contributed by atoms with Crippen LogP contribution in [0, 0.1) is 24.4 Å². The van der Waals surface area contributed by atoms with Crippen molar-refractivity contribution in [3.05, 3.63) is 40.7 Å². The molecule has 0 saturated carbocycles. The molecule has 0 fully saturated rings. The number of urea groups is 1. The first-order chi connectivity index (χ1) is 12.3. The predicted molar refractivity (Wildman–Crippen MR) is 92.8 cm³/mol. The molecule has 0 radical (unpaired) electrons. The van der Waals surface area contributed by atoms with E-state index in [1.54, 1.807) is 7.05 Å². The Morgan fingerprint density at radius 3 is 2.77 bits per heavy atom. The maximum atomic E-state index is 13.8. The Hall–Kier alpha value is -2.33. The van der Waals surface area contributed by atoms with Gasteiger partial charge in [-0.25, -0.2) is 18.0 Å². The van der Waals surface area contributed by atoms with Crippen LogP contribution in [0.3, 0.4) is 0 Å². The maximum Gasteiger partial charge on any atom is 0.322 e. The second-order valence-electron chi connectivity index (χ2n) is 5.59. The van der Waals surface area contributed by atoms with E-state index >= 15 is 0 Å². The van der Waals surface area contributed by atoms with Crippen LogP contribution in [0.4, 0.5) is 23.0 Å². The molecule has 0 aliphatic rings. The molecule has 0 atom stereocenters. The van der Waals surface area contributed by atoms with Crippen LogP contribution in [0.2, 0.25) is 0 Å². The van der Waals surface area contributed by atoms with Crippen LogP contribution in [0.1, 0.15) is 17.5 Å². The Kier molecular flexibility index (Phi) is 6.81. The van der Waals surface area contributed by atoms with Gasteiger partial charge in [0.15, 0.2) is 11.6 Å². The zero-order chi connectivity index (χ0) is 19.3. The maximum absolute atomic E-state index is 13.8. The van der Waals surface area contributed by atoms with E-state index in [1.807, 2.05) is 0 Å². The fraction of sp³-hybridized carbons (Fsp3) is 0.375. The van der Waals surface area contributed by atoms with Gasteiger partial charge in [0.25, 0.3) is 0 Å². The summed E-state index contributed by atoms with van der Waals surface area (Å²) in [7, 11) is 1.63. The molecule has 0 saturated heterocycles. The molecular weight excluding hydrogens is 369 g/mol. The number of aryl methyl sites for hydroxylation is 1. The van der Waals surface area contributed by atoms with Crippen LogP contribution in [0.15, 0.2) is 12.1 Å². The molecule has 3 N–H and O–H groups in total. The van der Waals surface area contributed by atoms with Crippen molar-refractivity contribution in [2.24, 2.45) is 5.73 Å². The van der Waals surface area contributed by atoms with E-state index in [4.69, 9.17) is 10.5 Å². The molecule has 1 aromatic carbocycles. The summed E-state index contributed by atoms with van der Waals surface area (Å²) in [6, 6.07) is 1.98. The van der Waals surface area contributed by atoms with Crippen LogP contribution in [-0.2, 0) is 6.61 Å². The molecule has 2 aromatic rings. The highest BCUT2D eigenvalue weighted by Gasteiger charge is 2.18. The predicted octanol–water partition coefficient (Wildman–Crippen LogP) is 3.26. The molecule has 142 valence electrons. The fourth-order valence-electron chi connectivity index (χ4n) is 2.05. The number of nitrogens with two attached hydrogens (primary N) is 1. The molecule has 0 unspecified atom stereocenters. The van der Waals surface area contributed by atoms with Gasteiger partial charge >= 0.3 is 6.03 Å². The molecule has 1 heterocycles. The Labute approximate surface area is 152 Å². The third kappa shape index (κ3) is 4.85. The lowest BCUT2D eigenvalue weighted by molar-refractivity contribution is 0.222. The van der Waals surface area contributed by atoms with Gasteiger partial charge in [-0.1, -0.05) is 0 Å². The van der Waals surface area contributed by atoms with Gasteiger partial charge in [-0.05, 0) is 43.1 Å². The van der Waals surface area contributed by atoms with Gasteiger partial charge in [-0.15, -0.1) is 0 Å². The van der Waals surface area contributed by atoms with Crippen molar-refractivity contribution < 1.29 is 22.7 Å². The molecule has 0 spiro atoms. The SMILES string of the molecule is Cc1cc(F)c(COc2cc(NC(=O)N(C)CCCN)sn2)c(F)c1F. The molecule has 0 aliphatic heterocycles. The molecule has 10 heteroatoms. The van der Waals surface area contributed by atoms with E-state index in [0.717, 1.165) is 17.6 Å². The first-order valence-electron chi connectivity index (χ1n) is 7.78. The van der Waals surface area contributed by atoms with E-state index < -0.39 is 29.6 Å². The van der Waals surface area contributed by atoms with Gasteiger partial charge < -0.3 is 15.4 Å². The minimum absolute atomic E-state index is 0.0645. The summed E-state index contributed by atoms with van der Waals surface area (Å²) in [6.45, 7) is 1.72. The number of rotatable bonds is 7. The van der Waals surface area contributed by atoms with Crippen molar-refractivity contribution in [2.75, 3.05) is 25.5 Å². The van der Waals surface area contributed by atoms with Crippen molar-refractivity contribution in [3.63, 3.8) is 0 Å². The van der Waals surface area contributed by atoms with Gasteiger partial charge in [0.05, 0.1) is 5.56 Å². The Morgan fingerprint density at radius 1 is 1.35 bits per heavy atom. The minimum Gasteiger partial charge on any atom is -0.472 e. The van der Waals surface area contributed by atoms with Crippen LogP contribution < -0.4 is 15.8 Å². The zero-order valence-electron chi connectivity index (χ0n) is 14.3. The van der Waals surface area contributed by atoms with Gasteiger partial charge in [-0.2, -0.15) is 4.37 Å². The molecule has 26 heavy (non-hydrogen) atoms. The second-order valence-corrected chi connectivity index (χ2v) is 6.40. The topological polar surface area (TPSA) is 80.5 Å². The van der Waals surface area contributed by atoms with Crippen molar-refractivity contribution in [3.8, 4) is 5.88 Å². The number of ether oxygens (including phenoxy) is 1. The highest BCUT2D eigenvalue weighted by molar-refractivity contribution is 7.10. The largest absolute Gasteiger partial charge is 0.472 e. The number of aromatic nitrogens is 1. The van der Waals surface area contributed by atoms with Gasteiger partial charge in [0.2, 0.25) is 5.88 Å². The number of hydrogen-bond donors (Lipinski definition) is 2. The first kappa shape index (κ1) is 20.0. The number of nitrogens with one attached hydrogen (secondary N) is 1. The number of hydrogen-bond acceptors (Lipinski definition) is 5. The first-order valence-corrected chi connectivity index (χ1v) is 8.55. The van der Waals surface area contributed by atoms with Crippen molar-refractivity contribution in [1.82, 2.24) is 9.27 Å². The summed E-state index contributed by atoms with van der Waals surface area (Å²) in [6.07, 6.45) is 0.672. The van der Waals surface area contributed by atoms with Crippen LogP contribution in [0.25, 0.3) is 0 Å². The molecule has 2 rings (SSSR count). The fourth-order valence-corrected chi connectivity index (χ4v) is 2.63. The molecular formula is C16H19F3N4O2S. The monoisotopic (exact) mass is 388 g/mol. The van der Waals surface area contributed by atoms with Crippen molar-refractivity contribution >= 4 is 22.6 Å². The Balaban J connectivity index is 1.97. The molecule has 0 aliphatic carbocycles. The molecule has 1 aromatic heterocycles. The van der Waals surface area contributed by atoms with E-state index in [2.05, 4.69) is 9.69 Å². The Morgan fingerprint density at radius 2 is 2.08 bits per heavy atom. The lowest BCUT2D eigenvalue weighted by atomic mass is 10.1. The highest BCUT2D eigenvalue weighted by Crippen LogP contribution is 2.25. The van der Waals surface area contributed by atoms with Crippen molar-refractivity contribution in [2.45, 2.75) is 20.0 Å². The number of amides is 2. The van der Waals surface area contributed by atoms with E-state index in [0.29, 0.717) is 24.5 Å². The lowest BCUT2D eigenvalue weighted by Gasteiger charge is -2.16. The van der Waals surface area contributed by atoms with E-state index in [1.165, 1.54) is 17.9 Å². The second kappa shape index (κ2) is 8.86. The van der Waals surface area contributed by atoms with Crippen LogP contribution in [0.5, 0.6) is 5.88 Å². The quantitative estimate of drug-likeness (QED) is 0.714.